The van der Waals surface area contributed by atoms with Crippen LogP contribution < -0.4 is 0 Å². The third kappa shape index (κ3) is 4.84. The molecule has 0 radical (unpaired) electrons. The minimum atomic E-state index is 0.400. The molecule has 1 nitrogen and oxygen atoms in total. The minimum Gasteiger partial charge on any atom is -0.356 e. The van der Waals surface area contributed by atoms with Gasteiger partial charge >= 0.3 is 0 Å². The number of hydrogen-bond donors (Lipinski definition) is 0. The second-order valence-corrected chi connectivity index (χ2v) is 4.73. The first-order valence-electron chi connectivity index (χ1n) is 6.94. The molecular formula is C20H18O. The SMILES string of the molecule is Cc1ccccc1C#CCOCC#Cc1ccccc1C. The Morgan fingerprint density at radius 3 is 1.57 bits per heavy atom. The number of aryl methyl sites for hydroxylation is 2. The van der Waals surface area contributed by atoms with Crippen LogP contribution >= 0.6 is 0 Å². The largest absolute Gasteiger partial charge is 0.356 e. The lowest BCUT2D eigenvalue weighted by molar-refractivity contribution is 0.204. The molecule has 2 aromatic rings. The Morgan fingerprint density at radius 1 is 0.714 bits per heavy atom. The smallest absolute Gasteiger partial charge is 0.109 e. The number of rotatable bonds is 2. The first kappa shape index (κ1) is 14.9. The quantitative estimate of drug-likeness (QED) is 0.599. The normalized spacial score (nSPS) is 9.24. The first-order chi connectivity index (χ1) is 10.3. The molecule has 21 heavy (non-hydrogen) atoms. The second-order valence-electron chi connectivity index (χ2n) is 4.73. The molecule has 0 aliphatic heterocycles. The molecule has 0 bridgehead atoms. The van der Waals surface area contributed by atoms with Crippen LogP contribution in [-0.4, -0.2) is 13.2 Å². The summed E-state index contributed by atoms with van der Waals surface area (Å²) >= 11 is 0. The first-order valence-corrected chi connectivity index (χ1v) is 6.94. The highest BCUT2D eigenvalue weighted by Crippen LogP contribution is 2.05. The van der Waals surface area contributed by atoms with E-state index in [2.05, 4.69) is 49.7 Å². The molecule has 104 valence electrons. The molecule has 0 aliphatic carbocycles. The van der Waals surface area contributed by atoms with Gasteiger partial charge in [0.25, 0.3) is 0 Å². The van der Waals surface area contributed by atoms with Crippen LogP contribution in [0.15, 0.2) is 48.5 Å². The van der Waals surface area contributed by atoms with E-state index in [9.17, 15) is 0 Å². The average molecular weight is 274 g/mol. The third-order valence-corrected chi connectivity index (χ3v) is 3.08. The molecule has 0 unspecified atom stereocenters. The van der Waals surface area contributed by atoms with Crippen LogP contribution in [-0.2, 0) is 4.74 Å². The van der Waals surface area contributed by atoms with Crippen LogP contribution in [0.2, 0.25) is 0 Å². The molecule has 0 aromatic heterocycles. The lowest BCUT2D eigenvalue weighted by atomic mass is 10.1. The van der Waals surface area contributed by atoms with E-state index in [4.69, 9.17) is 4.74 Å². The molecule has 2 aromatic carbocycles. The fourth-order valence-corrected chi connectivity index (χ4v) is 1.84. The predicted octanol–water partition coefficient (Wildman–Crippen LogP) is 3.72. The van der Waals surface area contributed by atoms with Crippen LogP contribution in [0.25, 0.3) is 0 Å². The van der Waals surface area contributed by atoms with Gasteiger partial charge in [-0.2, -0.15) is 0 Å². The molecule has 0 saturated heterocycles. The van der Waals surface area contributed by atoms with Crippen molar-refractivity contribution < 1.29 is 4.74 Å². The fraction of sp³-hybridized carbons (Fsp3) is 0.200. The van der Waals surface area contributed by atoms with Crippen molar-refractivity contribution in [1.29, 1.82) is 0 Å². The summed E-state index contributed by atoms with van der Waals surface area (Å²) in [7, 11) is 0. The van der Waals surface area contributed by atoms with E-state index < -0.39 is 0 Å². The number of hydrogen-bond acceptors (Lipinski definition) is 1. The van der Waals surface area contributed by atoms with Gasteiger partial charge in [-0.05, 0) is 37.1 Å². The standard InChI is InChI=1S/C20H18O/c1-17-9-3-5-11-19(17)13-7-15-21-16-8-14-20-12-6-4-10-18(20)2/h3-6,9-12H,15-16H2,1-2H3. The van der Waals surface area contributed by atoms with E-state index in [1.165, 1.54) is 11.1 Å². The van der Waals surface area contributed by atoms with Crippen LogP contribution in [0, 0.1) is 37.5 Å². The van der Waals surface area contributed by atoms with Gasteiger partial charge in [0.1, 0.15) is 13.2 Å². The Balaban J connectivity index is 1.80. The molecule has 0 spiro atoms. The van der Waals surface area contributed by atoms with Crippen molar-refractivity contribution in [2.45, 2.75) is 13.8 Å². The summed E-state index contributed by atoms with van der Waals surface area (Å²) in [5.74, 6) is 12.2. The Hall–Kier alpha value is -2.48. The molecule has 0 saturated carbocycles. The van der Waals surface area contributed by atoms with Gasteiger partial charge in [-0.15, -0.1) is 0 Å². The Labute approximate surface area is 127 Å². The van der Waals surface area contributed by atoms with Gasteiger partial charge in [0.2, 0.25) is 0 Å². The van der Waals surface area contributed by atoms with Crippen LogP contribution in [0.3, 0.4) is 0 Å². The van der Waals surface area contributed by atoms with Gasteiger partial charge in [-0.3, -0.25) is 0 Å². The monoisotopic (exact) mass is 274 g/mol. The van der Waals surface area contributed by atoms with Gasteiger partial charge in [-0.25, -0.2) is 0 Å². The summed E-state index contributed by atoms with van der Waals surface area (Å²) in [5, 5.41) is 0. The van der Waals surface area contributed by atoms with E-state index in [0.29, 0.717) is 13.2 Å². The van der Waals surface area contributed by atoms with Crippen LogP contribution in [0.1, 0.15) is 22.3 Å². The highest BCUT2D eigenvalue weighted by molar-refractivity contribution is 5.41. The van der Waals surface area contributed by atoms with E-state index in [1.807, 2.05) is 36.4 Å². The Morgan fingerprint density at radius 2 is 1.14 bits per heavy atom. The molecule has 2 rings (SSSR count). The minimum absolute atomic E-state index is 0.400. The zero-order valence-corrected chi connectivity index (χ0v) is 12.4. The summed E-state index contributed by atoms with van der Waals surface area (Å²) < 4.78 is 5.41. The molecule has 1 heteroatoms. The van der Waals surface area contributed by atoms with Gasteiger partial charge in [0.05, 0.1) is 0 Å². The van der Waals surface area contributed by atoms with Gasteiger partial charge in [0, 0.05) is 11.1 Å². The molecule has 0 fully saturated rings. The van der Waals surface area contributed by atoms with Gasteiger partial charge in [-0.1, -0.05) is 60.1 Å². The van der Waals surface area contributed by atoms with E-state index in [-0.39, 0.29) is 0 Å². The molecule has 0 amide bonds. The summed E-state index contributed by atoms with van der Waals surface area (Å²) in [6.07, 6.45) is 0. The maximum Gasteiger partial charge on any atom is 0.109 e. The van der Waals surface area contributed by atoms with Crippen molar-refractivity contribution in [3.05, 3.63) is 70.8 Å². The molecule has 0 heterocycles. The van der Waals surface area contributed by atoms with Gasteiger partial charge in [0.15, 0.2) is 0 Å². The van der Waals surface area contributed by atoms with Crippen molar-refractivity contribution in [1.82, 2.24) is 0 Å². The Kier molecular flexibility index (Phi) is 5.65. The van der Waals surface area contributed by atoms with Crippen molar-refractivity contribution in [3.63, 3.8) is 0 Å². The molecule has 0 N–H and O–H groups in total. The highest BCUT2D eigenvalue weighted by atomic mass is 16.5. The molecule has 0 atom stereocenters. The van der Waals surface area contributed by atoms with Crippen molar-refractivity contribution >= 4 is 0 Å². The summed E-state index contributed by atoms with van der Waals surface area (Å²) in [5.41, 5.74) is 4.47. The third-order valence-electron chi connectivity index (χ3n) is 3.08. The summed E-state index contributed by atoms with van der Waals surface area (Å²) in [4.78, 5) is 0. The fourth-order valence-electron chi connectivity index (χ4n) is 1.84. The van der Waals surface area contributed by atoms with Crippen molar-refractivity contribution in [2.75, 3.05) is 13.2 Å². The predicted molar refractivity (Wildman–Crippen MR) is 86.9 cm³/mol. The van der Waals surface area contributed by atoms with E-state index in [0.717, 1.165) is 11.1 Å². The highest BCUT2D eigenvalue weighted by Gasteiger charge is 1.91. The number of ether oxygens (including phenoxy) is 1. The van der Waals surface area contributed by atoms with E-state index >= 15 is 0 Å². The van der Waals surface area contributed by atoms with Crippen molar-refractivity contribution in [3.8, 4) is 23.7 Å². The molecular weight excluding hydrogens is 256 g/mol. The zero-order valence-electron chi connectivity index (χ0n) is 12.4. The Bertz CT molecular complexity index is 657. The maximum atomic E-state index is 5.41. The lowest BCUT2D eigenvalue weighted by Crippen LogP contribution is -1.92. The van der Waals surface area contributed by atoms with Crippen molar-refractivity contribution in [2.24, 2.45) is 0 Å². The number of benzene rings is 2. The summed E-state index contributed by atoms with van der Waals surface area (Å²) in [6, 6.07) is 16.1. The van der Waals surface area contributed by atoms with Crippen LogP contribution in [0.4, 0.5) is 0 Å². The topological polar surface area (TPSA) is 9.23 Å². The maximum absolute atomic E-state index is 5.41. The van der Waals surface area contributed by atoms with Gasteiger partial charge < -0.3 is 4.74 Å². The average Bonchev–Trinajstić information content (AvgIpc) is 2.50. The summed E-state index contributed by atoms with van der Waals surface area (Å²) in [6.45, 7) is 4.91. The zero-order chi connectivity index (χ0) is 14.9. The molecule has 0 aliphatic rings. The van der Waals surface area contributed by atoms with E-state index in [1.54, 1.807) is 0 Å². The van der Waals surface area contributed by atoms with Crippen LogP contribution in [0.5, 0.6) is 0 Å². The second kappa shape index (κ2) is 7.95. The lowest BCUT2D eigenvalue weighted by Gasteiger charge is -1.96.